The summed E-state index contributed by atoms with van der Waals surface area (Å²) in [5.74, 6) is -0.252. The van der Waals surface area contributed by atoms with Gasteiger partial charge in [0.15, 0.2) is 11.5 Å². The lowest BCUT2D eigenvalue weighted by atomic mass is 10.1. The van der Waals surface area contributed by atoms with Gasteiger partial charge >= 0.3 is 5.97 Å². The molecule has 0 N–H and O–H groups in total. The van der Waals surface area contributed by atoms with E-state index >= 15 is 0 Å². The molecule has 0 radical (unpaired) electrons. The van der Waals surface area contributed by atoms with Crippen LogP contribution in [0.15, 0.2) is 50.2 Å². The van der Waals surface area contributed by atoms with Gasteiger partial charge in [-0.15, -0.1) is 0 Å². The van der Waals surface area contributed by atoms with Crippen molar-refractivity contribution in [2.45, 2.75) is 26.6 Å². The van der Waals surface area contributed by atoms with Gasteiger partial charge < -0.3 is 14.2 Å². The van der Waals surface area contributed by atoms with Crippen LogP contribution in [0, 0.1) is 0 Å². The monoisotopic (exact) mass is 597 g/mol. The third kappa shape index (κ3) is 6.18. The molecule has 1 aliphatic heterocycles. The maximum atomic E-state index is 12.7. The number of methoxy groups -OCH3 is 1. The van der Waals surface area contributed by atoms with E-state index in [-0.39, 0.29) is 11.0 Å². The molecule has 10 heteroatoms. The molecule has 0 unspecified atom stereocenters. The fourth-order valence-electron chi connectivity index (χ4n) is 2.93. The fourth-order valence-corrected chi connectivity index (χ4v) is 4.71. The number of hydrogen-bond donors (Lipinski definition) is 0. The smallest absolute Gasteiger partial charge is 0.326 e. The second-order valence-electron chi connectivity index (χ2n) is 7.21. The van der Waals surface area contributed by atoms with Crippen LogP contribution in [0.25, 0.3) is 6.08 Å². The van der Waals surface area contributed by atoms with Gasteiger partial charge in [0, 0.05) is 4.47 Å². The van der Waals surface area contributed by atoms with Crippen molar-refractivity contribution >= 4 is 66.8 Å². The number of carbonyl (C=O) groups is 3. The van der Waals surface area contributed by atoms with Gasteiger partial charge in [-0.3, -0.25) is 19.3 Å². The van der Waals surface area contributed by atoms with Crippen LogP contribution < -0.4 is 9.47 Å². The number of halogens is 2. The maximum Gasteiger partial charge on any atom is 0.326 e. The Balaban J connectivity index is 1.84. The number of rotatable bonds is 8. The van der Waals surface area contributed by atoms with E-state index < -0.39 is 23.7 Å². The molecule has 0 saturated carbocycles. The van der Waals surface area contributed by atoms with E-state index in [1.165, 1.54) is 7.11 Å². The summed E-state index contributed by atoms with van der Waals surface area (Å²) < 4.78 is 17.7. The van der Waals surface area contributed by atoms with Crippen LogP contribution in [0.1, 0.15) is 25.0 Å². The van der Waals surface area contributed by atoms with Gasteiger partial charge in [0.1, 0.15) is 13.2 Å². The number of nitrogens with zero attached hydrogens (tertiary/aromatic N) is 1. The maximum absolute atomic E-state index is 12.7. The molecule has 174 valence electrons. The van der Waals surface area contributed by atoms with Gasteiger partial charge in [-0.25, -0.2) is 0 Å². The number of esters is 1. The van der Waals surface area contributed by atoms with Crippen LogP contribution in [-0.4, -0.2) is 41.8 Å². The summed E-state index contributed by atoms with van der Waals surface area (Å²) in [5.41, 5.74) is 1.59. The number of hydrogen-bond acceptors (Lipinski definition) is 7. The van der Waals surface area contributed by atoms with Gasteiger partial charge in [0.2, 0.25) is 0 Å². The van der Waals surface area contributed by atoms with Crippen molar-refractivity contribution in [2.75, 3.05) is 13.7 Å². The van der Waals surface area contributed by atoms with E-state index in [4.69, 9.17) is 14.2 Å². The lowest BCUT2D eigenvalue weighted by Gasteiger charge is -2.16. The molecular formula is C23H21Br2NO6S. The van der Waals surface area contributed by atoms with Crippen molar-refractivity contribution in [3.8, 4) is 11.5 Å². The molecule has 1 fully saturated rings. The van der Waals surface area contributed by atoms with E-state index in [2.05, 4.69) is 31.9 Å². The highest BCUT2D eigenvalue weighted by atomic mass is 79.9. The Bertz CT molecular complexity index is 1100. The molecule has 7 nitrogen and oxygen atoms in total. The van der Waals surface area contributed by atoms with E-state index in [1.807, 2.05) is 30.3 Å². The van der Waals surface area contributed by atoms with Gasteiger partial charge in [-0.2, -0.15) is 0 Å². The fraction of sp³-hybridized carbons (Fsp3) is 0.261. The zero-order chi connectivity index (χ0) is 24.1. The summed E-state index contributed by atoms with van der Waals surface area (Å²) in [6.07, 6.45) is 1.23. The average molecular weight is 599 g/mol. The highest BCUT2D eigenvalue weighted by molar-refractivity contribution is 9.13. The Morgan fingerprint density at radius 1 is 1.15 bits per heavy atom. The summed E-state index contributed by atoms with van der Waals surface area (Å²) >= 11 is 7.81. The topological polar surface area (TPSA) is 82.1 Å². The predicted octanol–water partition coefficient (Wildman–Crippen LogP) is 5.79. The number of benzene rings is 2. The number of ether oxygens (including phenoxy) is 3. The van der Waals surface area contributed by atoms with Gasteiger partial charge in [0.05, 0.1) is 22.6 Å². The van der Waals surface area contributed by atoms with Crippen LogP contribution in [0.5, 0.6) is 11.5 Å². The second kappa shape index (κ2) is 11.2. The van der Waals surface area contributed by atoms with Gasteiger partial charge in [-0.05, 0) is 80.7 Å². The lowest BCUT2D eigenvalue weighted by Crippen LogP contribution is -2.35. The normalized spacial score (nSPS) is 14.8. The van der Waals surface area contributed by atoms with Gasteiger partial charge in [0.25, 0.3) is 11.1 Å². The number of carbonyl (C=O) groups excluding carboxylic acids is 3. The molecule has 0 aromatic heterocycles. The quantitative estimate of drug-likeness (QED) is 0.281. The third-order valence-electron chi connectivity index (χ3n) is 4.42. The van der Waals surface area contributed by atoms with Crippen molar-refractivity contribution in [3.63, 3.8) is 0 Å². The number of amides is 2. The van der Waals surface area contributed by atoms with Crippen LogP contribution >= 0.6 is 43.6 Å². The molecule has 33 heavy (non-hydrogen) atoms. The Morgan fingerprint density at radius 3 is 2.48 bits per heavy atom. The van der Waals surface area contributed by atoms with E-state index in [0.29, 0.717) is 32.6 Å². The van der Waals surface area contributed by atoms with Crippen LogP contribution in [0.4, 0.5) is 4.79 Å². The Hall–Kier alpha value is -2.30. The second-order valence-corrected chi connectivity index (χ2v) is 9.79. The van der Waals surface area contributed by atoms with Crippen LogP contribution in [-0.2, 0) is 20.9 Å². The van der Waals surface area contributed by atoms with Crippen molar-refractivity contribution in [1.82, 2.24) is 4.90 Å². The van der Waals surface area contributed by atoms with Crippen LogP contribution in [0.3, 0.4) is 0 Å². The number of thioether (sulfide) groups is 1. The molecule has 0 bridgehead atoms. The first-order chi connectivity index (χ1) is 15.7. The third-order valence-corrected chi connectivity index (χ3v) is 7.47. The average Bonchev–Trinajstić information content (AvgIpc) is 3.03. The highest BCUT2D eigenvalue weighted by Gasteiger charge is 2.37. The van der Waals surface area contributed by atoms with Crippen molar-refractivity contribution < 1.29 is 28.6 Å². The molecule has 0 aliphatic carbocycles. The molecule has 1 heterocycles. The summed E-state index contributed by atoms with van der Waals surface area (Å²) in [5, 5.41) is -0.531. The molecule has 2 amide bonds. The minimum atomic E-state index is -0.640. The Kier molecular flexibility index (Phi) is 8.61. The minimum absolute atomic E-state index is 0.185. The largest absolute Gasteiger partial charge is 0.493 e. The van der Waals surface area contributed by atoms with E-state index in [9.17, 15) is 14.4 Å². The van der Waals surface area contributed by atoms with Crippen molar-refractivity contribution in [1.29, 1.82) is 0 Å². The molecule has 0 spiro atoms. The van der Waals surface area contributed by atoms with Crippen molar-refractivity contribution in [2.24, 2.45) is 0 Å². The zero-order valence-corrected chi connectivity index (χ0v) is 22.1. The number of imide groups is 1. The molecule has 2 aromatic rings. The summed E-state index contributed by atoms with van der Waals surface area (Å²) in [6.45, 7) is 3.30. The first-order valence-corrected chi connectivity index (χ1v) is 12.3. The van der Waals surface area contributed by atoms with Gasteiger partial charge in [-0.1, -0.05) is 30.3 Å². The standard InChI is InChI=1S/C23H21Br2NO6S/c1-13(2)32-18(27)11-26-22(28)17(33-23(26)29)10-15-9-16(30-3)21(20(25)19(15)24)31-12-14-7-5-4-6-8-14/h4-10,13H,11-12H2,1-3H3/b17-10-. The Labute approximate surface area is 212 Å². The van der Waals surface area contributed by atoms with E-state index in [1.54, 1.807) is 26.0 Å². The minimum Gasteiger partial charge on any atom is -0.493 e. The predicted molar refractivity (Wildman–Crippen MR) is 133 cm³/mol. The van der Waals surface area contributed by atoms with Crippen molar-refractivity contribution in [3.05, 3.63) is 61.4 Å². The molecule has 1 aliphatic rings. The molecule has 1 saturated heterocycles. The van der Waals surface area contributed by atoms with E-state index in [0.717, 1.165) is 22.2 Å². The molecule has 3 rings (SSSR count). The first-order valence-electron chi connectivity index (χ1n) is 9.88. The summed E-state index contributed by atoms with van der Waals surface area (Å²) in [7, 11) is 1.52. The summed E-state index contributed by atoms with van der Waals surface area (Å²) in [6, 6.07) is 11.4. The lowest BCUT2D eigenvalue weighted by molar-refractivity contribution is -0.149. The zero-order valence-electron chi connectivity index (χ0n) is 18.1. The highest BCUT2D eigenvalue weighted by Crippen LogP contribution is 2.44. The summed E-state index contributed by atoms with van der Waals surface area (Å²) in [4.78, 5) is 38.0. The SMILES string of the molecule is COc1cc(/C=C2\SC(=O)N(CC(=O)OC(C)C)C2=O)c(Br)c(Br)c1OCc1ccccc1. The first kappa shape index (κ1) is 25.3. The molecule has 0 atom stereocenters. The molecular weight excluding hydrogens is 578 g/mol. The Morgan fingerprint density at radius 2 is 1.85 bits per heavy atom. The molecule has 2 aromatic carbocycles. The van der Waals surface area contributed by atoms with Crippen LogP contribution in [0.2, 0.25) is 0 Å².